The van der Waals surface area contributed by atoms with Crippen molar-refractivity contribution in [3.8, 4) is 0 Å². The number of halogens is 1. The molecule has 2 N–H and O–H groups in total. The predicted octanol–water partition coefficient (Wildman–Crippen LogP) is 2.70. The maximum Gasteiger partial charge on any atom is 0.0589 e. The van der Waals surface area contributed by atoms with Crippen LogP contribution in [0.3, 0.4) is 0 Å². The molecule has 1 unspecified atom stereocenters. The van der Waals surface area contributed by atoms with Crippen molar-refractivity contribution < 1.29 is 4.74 Å². The maximum atomic E-state index is 6.18. The molecule has 0 saturated carbocycles. The number of nitrogens with two attached hydrogens (primary N) is 1. The van der Waals surface area contributed by atoms with Crippen molar-refractivity contribution in [1.82, 2.24) is 4.90 Å². The van der Waals surface area contributed by atoms with E-state index < -0.39 is 0 Å². The summed E-state index contributed by atoms with van der Waals surface area (Å²) in [5, 5.41) is 0.745. The quantitative estimate of drug-likeness (QED) is 0.789. The van der Waals surface area contributed by atoms with Gasteiger partial charge in [-0.05, 0) is 30.7 Å². The van der Waals surface area contributed by atoms with E-state index in [1.165, 1.54) is 0 Å². The van der Waals surface area contributed by atoms with Crippen molar-refractivity contribution in [2.24, 2.45) is 5.73 Å². The molecule has 4 heteroatoms. The van der Waals surface area contributed by atoms with Gasteiger partial charge in [0.05, 0.1) is 6.61 Å². The summed E-state index contributed by atoms with van der Waals surface area (Å²) < 4.78 is 5.09. The summed E-state index contributed by atoms with van der Waals surface area (Å²) in [4.78, 5) is 2.34. The van der Waals surface area contributed by atoms with Gasteiger partial charge in [-0.15, -0.1) is 0 Å². The molecule has 0 aromatic heterocycles. The van der Waals surface area contributed by atoms with Gasteiger partial charge in [-0.1, -0.05) is 30.7 Å². The van der Waals surface area contributed by atoms with E-state index in [1.807, 2.05) is 24.3 Å². The molecule has 0 aliphatic heterocycles. The lowest BCUT2D eigenvalue weighted by Gasteiger charge is -2.22. The van der Waals surface area contributed by atoms with Gasteiger partial charge >= 0.3 is 0 Å². The van der Waals surface area contributed by atoms with Crippen LogP contribution in [-0.2, 0) is 4.74 Å². The number of nitrogens with zero attached hydrogens (tertiary/aromatic N) is 1. The average molecular weight is 271 g/mol. The van der Waals surface area contributed by atoms with E-state index in [-0.39, 0.29) is 6.04 Å². The fourth-order valence-corrected chi connectivity index (χ4v) is 2.07. The van der Waals surface area contributed by atoms with Crippen molar-refractivity contribution in [3.05, 3.63) is 34.9 Å². The Kier molecular flexibility index (Phi) is 7.28. The smallest absolute Gasteiger partial charge is 0.0589 e. The molecule has 18 heavy (non-hydrogen) atoms. The SMILES string of the molecule is CCN(CCOC)CCC(N)c1cccc(Cl)c1. The summed E-state index contributed by atoms with van der Waals surface area (Å²) in [6, 6.07) is 7.83. The molecule has 0 fully saturated rings. The van der Waals surface area contributed by atoms with Crippen molar-refractivity contribution >= 4 is 11.6 Å². The van der Waals surface area contributed by atoms with Gasteiger partial charge in [0.2, 0.25) is 0 Å². The van der Waals surface area contributed by atoms with E-state index in [0.717, 1.165) is 43.2 Å². The summed E-state index contributed by atoms with van der Waals surface area (Å²) in [5.41, 5.74) is 7.28. The van der Waals surface area contributed by atoms with Crippen LogP contribution in [0, 0.1) is 0 Å². The standard InChI is InChI=1S/C14H23ClN2O/c1-3-17(9-10-18-2)8-7-14(16)12-5-4-6-13(15)11-12/h4-6,11,14H,3,7-10,16H2,1-2H3. The van der Waals surface area contributed by atoms with Crippen LogP contribution >= 0.6 is 11.6 Å². The summed E-state index contributed by atoms with van der Waals surface area (Å²) in [6.45, 7) is 5.87. The van der Waals surface area contributed by atoms with E-state index in [0.29, 0.717) is 0 Å². The highest BCUT2D eigenvalue weighted by molar-refractivity contribution is 6.30. The highest BCUT2D eigenvalue weighted by Gasteiger charge is 2.09. The molecular formula is C14H23ClN2O. The summed E-state index contributed by atoms with van der Waals surface area (Å²) >= 11 is 5.96. The Balaban J connectivity index is 2.42. The van der Waals surface area contributed by atoms with Crippen LogP contribution in [-0.4, -0.2) is 38.3 Å². The number of rotatable bonds is 8. The van der Waals surface area contributed by atoms with Gasteiger partial charge < -0.3 is 15.4 Å². The molecule has 0 aliphatic carbocycles. The molecule has 0 heterocycles. The molecule has 0 bridgehead atoms. The van der Waals surface area contributed by atoms with E-state index in [9.17, 15) is 0 Å². The molecule has 0 radical (unpaired) electrons. The second-order valence-corrected chi connectivity index (χ2v) is 4.81. The van der Waals surface area contributed by atoms with Crippen LogP contribution in [0.15, 0.2) is 24.3 Å². The first-order valence-electron chi connectivity index (χ1n) is 6.39. The molecule has 0 aliphatic rings. The van der Waals surface area contributed by atoms with Gasteiger partial charge in [-0.25, -0.2) is 0 Å². The van der Waals surface area contributed by atoms with Gasteiger partial charge in [0, 0.05) is 31.3 Å². The topological polar surface area (TPSA) is 38.5 Å². The minimum atomic E-state index is 0.0419. The fourth-order valence-electron chi connectivity index (χ4n) is 1.87. The van der Waals surface area contributed by atoms with Gasteiger partial charge in [-0.2, -0.15) is 0 Å². The third kappa shape index (κ3) is 5.36. The normalized spacial score (nSPS) is 12.9. The molecule has 1 atom stereocenters. The first kappa shape index (κ1) is 15.4. The summed E-state index contributed by atoms with van der Waals surface area (Å²) in [5.74, 6) is 0. The lowest BCUT2D eigenvalue weighted by atomic mass is 10.0. The van der Waals surface area contributed by atoms with E-state index in [4.69, 9.17) is 22.1 Å². The first-order chi connectivity index (χ1) is 8.67. The Hall–Kier alpha value is -0.610. The second kappa shape index (κ2) is 8.48. The fraction of sp³-hybridized carbons (Fsp3) is 0.571. The van der Waals surface area contributed by atoms with E-state index in [1.54, 1.807) is 7.11 Å². The minimum absolute atomic E-state index is 0.0419. The van der Waals surface area contributed by atoms with E-state index >= 15 is 0 Å². The van der Waals surface area contributed by atoms with Crippen molar-refractivity contribution in [2.45, 2.75) is 19.4 Å². The molecule has 3 nitrogen and oxygen atoms in total. The lowest BCUT2D eigenvalue weighted by Crippen LogP contribution is -2.30. The Morgan fingerprint density at radius 1 is 1.39 bits per heavy atom. The highest BCUT2D eigenvalue weighted by Crippen LogP contribution is 2.18. The minimum Gasteiger partial charge on any atom is -0.383 e. The number of hydrogen-bond acceptors (Lipinski definition) is 3. The van der Waals surface area contributed by atoms with Crippen LogP contribution in [0.2, 0.25) is 5.02 Å². The second-order valence-electron chi connectivity index (χ2n) is 4.38. The Bertz CT molecular complexity index is 346. The van der Waals surface area contributed by atoms with Crippen LogP contribution < -0.4 is 5.73 Å². The predicted molar refractivity (Wildman–Crippen MR) is 77.0 cm³/mol. The number of ether oxygens (including phenoxy) is 1. The molecule has 102 valence electrons. The monoisotopic (exact) mass is 270 g/mol. The molecule has 0 saturated heterocycles. The van der Waals surface area contributed by atoms with Crippen LogP contribution in [0.4, 0.5) is 0 Å². The van der Waals surface area contributed by atoms with Crippen LogP contribution in [0.25, 0.3) is 0 Å². The number of likely N-dealkylation sites (N-methyl/N-ethyl adjacent to an activating group) is 1. The summed E-state index contributed by atoms with van der Waals surface area (Å²) in [6.07, 6.45) is 0.928. The average Bonchev–Trinajstić information content (AvgIpc) is 2.38. The maximum absolute atomic E-state index is 6.18. The van der Waals surface area contributed by atoms with E-state index in [2.05, 4.69) is 11.8 Å². The number of benzene rings is 1. The van der Waals surface area contributed by atoms with Crippen molar-refractivity contribution in [2.75, 3.05) is 33.4 Å². The first-order valence-corrected chi connectivity index (χ1v) is 6.77. The lowest BCUT2D eigenvalue weighted by molar-refractivity contribution is 0.149. The Morgan fingerprint density at radius 3 is 2.78 bits per heavy atom. The Labute approximate surface area is 115 Å². The van der Waals surface area contributed by atoms with Gasteiger partial charge in [-0.3, -0.25) is 0 Å². The molecular weight excluding hydrogens is 248 g/mol. The van der Waals surface area contributed by atoms with Gasteiger partial charge in [0.1, 0.15) is 0 Å². The largest absolute Gasteiger partial charge is 0.383 e. The molecule has 1 rings (SSSR count). The molecule has 1 aromatic rings. The molecule has 0 spiro atoms. The molecule has 1 aromatic carbocycles. The number of hydrogen-bond donors (Lipinski definition) is 1. The zero-order chi connectivity index (χ0) is 13.4. The highest BCUT2D eigenvalue weighted by atomic mass is 35.5. The van der Waals surface area contributed by atoms with Gasteiger partial charge in [0.25, 0.3) is 0 Å². The van der Waals surface area contributed by atoms with Gasteiger partial charge in [0.15, 0.2) is 0 Å². The third-order valence-electron chi connectivity index (χ3n) is 3.09. The molecule has 0 amide bonds. The summed E-state index contributed by atoms with van der Waals surface area (Å²) in [7, 11) is 1.73. The van der Waals surface area contributed by atoms with Crippen LogP contribution in [0.5, 0.6) is 0 Å². The third-order valence-corrected chi connectivity index (χ3v) is 3.33. The zero-order valence-electron chi connectivity index (χ0n) is 11.2. The van der Waals surface area contributed by atoms with Crippen molar-refractivity contribution in [3.63, 3.8) is 0 Å². The van der Waals surface area contributed by atoms with Crippen molar-refractivity contribution in [1.29, 1.82) is 0 Å². The Morgan fingerprint density at radius 2 is 2.17 bits per heavy atom. The zero-order valence-corrected chi connectivity index (χ0v) is 12.0. The van der Waals surface area contributed by atoms with Crippen LogP contribution in [0.1, 0.15) is 24.9 Å². The number of methoxy groups -OCH3 is 1.